The zero-order valence-corrected chi connectivity index (χ0v) is 10.4. The van der Waals surface area contributed by atoms with Crippen LogP contribution in [0, 0.1) is 0 Å². The predicted octanol–water partition coefficient (Wildman–Crippen LogP) is 3.20. The molecule has 0 atom stereocenters. The number of benzene rings is 1. The molecule has 84 valence electrons. The molecule has 0 amide bonds. The maximum Gasteiger partial charge on any atom is 0.304 e. The lowest BCUT2D eigenvalue weighted by molar-refractivity contribution is 0.299. The van der Waals surface area contributed by atoms with E-state index in [2.05, 4.69) is 31.9 Å². The van der Waals surface area contributed by atoms with Gasteiger partial charge in [-0.1, -0.05) is 18.2 Å². The average molecular weight is 253 g/mol. The molecule has 0 fully saturated rings. The maximum absolute atomic E-state index is 4.71. The van der Waals surface area contributed by atoms with Crippen molar-refractivity contribution < 1.29 is 8.37 Å². The summed E-state index contributed by atoms with van der Waals surface area (Å²) < 4.78 is 11.5. The molecule has 2 aromatic rings. The van der Waals surface area contributed by atoms with Gasteiger partial charge in [0.15, 0.2) is 0 Å². The average Bonchev–Trinajstić information content (AvgIpc) is 2.64. The van der Waals surface area contributed by atoms with Gasteiger partial charge in [-0.3, -0.25) is 0 Å². The number of para-hydroxylation sites is 1. The molecule has 1 aromatic carbocycles. The second-order valence-electron chi connectivity index (χ2n) is 3.36. The van der Waals surface area contributed by atoms with Crippen LogP contribution in [-0.2, 0) is 15.4 Å². The van der Waals surface area contributed by atoms with E-state index in [1.165, 1.54) is 0 Å². The lowest BCUT2D eigenvalue weighted by atomic mass is 10.2. The minimum absolute atomic E-state index is 0.239. The predicted molar refractivity (Wildman–Crippen MR) is 71.0 cm³/mol. The van der Waals surface area contributed by atoms with E-state index in [1.807, 2.05) is 36.0 Å². The Morgan fingerprint density at radius 2 is 1.94 bits per heavy atom. The lowest BCUT2D eigenvalue weighted by Crippen LogP contribution is -1.82. The Hall–Kier alpha value is -1.20. The standard InChI is InChI=1S/C11H11NO2S2/c1-12-7-8(6-11(13-15)14-16)9-4-2-3-5-10(9)12/h2-7,15-16H,1H3. The largest absolute Gasteiger partial charge is 0.394 e. The Labute approximate surface area is 105 Å². The van der Waals surface area contributed by atoms with Gasteiger partial charge in [-0.05, 0) is 6.07 Å². The van der Waals surface area contributed by atoms with Crippen molar-refractivity contribution in [3.8, 4) is 0 Å². The van der Waals surface area contributed by atoms with Crippen molar-refractivity contribution in [2.24, 2.45) is 7.05 Å². The van der Waals surface area contributed by atoms with Crippen LogP contribution in [0.25, 0.3) is 17.0 Å². The highest BCUT2D eigenvalue weighted by Crippen LogP contribution is 2.23. The number of thiol groups is 2. The van der Waals surface area contributed by atoms with E-state index >= 15 is 0 Å². The van der Waals surface area contributed by atoms with Crippen LogP contribution in [-0.4, -0.2) is 4.57 Å². The third-order valence-electron chi connectivity index (χ3n) is 2.38. The van der Waals surface area contributed by atoms with Gasteiger partial charge in [0.1, 0.15) is 0 Å². The Kier molecular flexibility index (Phi) is 3.36. The van der Waals surface area contributed by atoms with Gasteiger partial charge in [0.2, 0.25) is 0 Å². The van der Waals surface area contributed by atoms with Crippen molar-refractivity contribution in [2.45, 2.75) is 0 Å². The molecular formula is C11H11NO2S2. The number of aryl methyl sites for hydroxylation is 1. The summed E-state index contributed by atoms with van der Waals surface area (Å²) >= 11 is 7.36. The quantitative estimate of drug-likeness (QED) is 0.498. The molecule has 0 radical (unpaired) electrons. The van der Waals surface area contributed by atoms with E-state index in [9.17, 15) is 0 Å². The molecule has 0 N–H and O–H groups in total. The topological polar surface area (TPSA) is 23.4 Å². The van der Waals surface area contributed by atoms with E-state index in [-0.39, 0.29) is 5.95 Å². The smallest absolute Gasteiger partial charge is 0.304 e. The molecule has 0 aliphatic carbocycles. The molecule has 1 aromatic heterocycles. The van der Waals surface area contributed by atoms with Crippen molar-refractivity contribution in [2.75, 3.05) is 0 Å². The summed E-state index contributed by atoms with van der Waals surface area (Å²) in [4.78, 5) is 0. The molecule has 0 spiro atoms. The van der Waals surface area contributed by atoms with Crippen molar-refractivity contribution in [3.63, 3.8) is 0 Å². The van der Waals surface area contributed by atoms with Gasteiger partial charge < -0.3 is 12.9 Å². The van der Waals surface area contributed by atoms with Crippen molar-refractivity contribution in [1.29, 1.82) is 0 Å². The van der Waals surface area contributed by atoms with Crippen molar-refractivity contribution >= 4 is 42.8 Å². The van der Waals surface area contributed by atoms with Crippen LogP contribution < -0.4 is 0 Å². The SMILES string of the molecule is Cn1cc(C=C(OS)OS)c2ccccc21. The summed E-state index contributed by atoms with van der Waals surface area (Å²) in [5.41, 5.74) is 2.14. The zero-order valence-electron chi connectivity index (χ0n) is 8.62. The second-order valence-corrected chi connectivity index (χ2v) is 3.72. The third-order valence-corrected chi connectivity index (χ3v) is 2.74. The summed E-state index contributed by atoms with van der Waals surface area (Å²) in [7, 11) is 1.99. The number of fused-ring (bicyclic) bond motifs is 1. The molecule has 0 aliphatic rings. The summed E-state index contributed by atoms with van der Waals surface area (Å²) in [5.74, 6) is 0.239. The first-order valence-corrected chi connectivity index (χ1v) is 5.38. The molecular weight excluding hydrogens is 242 g/mol. The Bertz CT molecular complexity index is 528. The minimum Gasteiger partial charge on any atom is -0.394 e. The van der Waals surface area contributed by atoms with E-state index in [4.69, 9.17) is 8.37 Å². The lowest BCUT2D eigenvalue weighted by Gasteiger charge is -1.99. The second kappa shape index (κ2) is 4.76. The first kappa shape index (κ1) is 11.3. The fourth-order valence-electron chi connectivity index (χ4n) is 1.68. The maximum atomic E-state index is 4.71. The number of rotatable bonds is 3. The van der Waals surface area contributed by atoms with Crippen molar-refractivity contribution in [1.82, 2.24) is 4.57 Å². The fraction of sp³-hybridized carbons (Fsp3) is 0.0909. The summed E-state index contributed by atoms with van der Waals surface area (Å²) in [6, 6.07) is 8.08. The molecule has 5 heteroatoms. The van der Waals surface area contributed by atoms with E-state index in [0.717, 1.165) is 16.5 Å². The highest BCUT2D eigenvalue weighted by atomic mass is 32.1. The fourth-order valence-corrected chi connectivity index (χ4v) is 1.92. The van der Waals surface area contributed by atoms with E-state index in [1.54, 1.807) is 6.08 Å². The van der Waals surface area contributed by atoms with Gasteiger partial charge in [-0.25, -0.2) is 0 Å². The normalized spacial score (nSPS) is 10.2. The highest BCUT2D eigenvalue weighted by Gasteiger charge is 2.05. The van der Waals surface area contributed by atoms with Gasteiger partial charge in [0, 0.05) is 61.6 Å². The van der Waals surface area contributed by atoms with Crippen LogP contribution in [0.15, 0.2) is 36.4 Å². The molecule has 0 unspecified atom stereocenters. The first-order valence-electron chi connectivity index (χ1n) is 4.65. The minimum atomic E-state index is 0.239. The molecule has 0 saturated heterocycles. The molecule has 16 heavy (non-hydrogen) atoms. The number of aromatic nitrogens is 1. The Balaban J connectivity index is 2.57. The van der Waals surface area contributed by atoms with Gasteiger partial charge in [-0.15, -0.1) is 0 Å². The van der Waals surface area contributed by atoms with Gasteiger partial charge >= 0.3 is 5.95 Å². The van der Waals surface area contributed by atoms with Crippen LogP contribution in [0.1, 0.15) is 5.56 Å². The highest BCUT2D eigenvalue weighted by molar-refractivity contribution is 7.75. The van der Waals surface area contributed by atoms with Crippen LogP contribution in [0.3, 0.4) is 0 Å². The summed E-state index contributed by atoms with van der Waals surface area (Å²) in [5, 5.41) is 1.12. The van der Waals surface area contributed by atoms with Crippen LogP contribution in [0.5, 0.6) is 0 Å². The van der Waals surface area contributed by atoms with Crippen LogP contribution in [0.2, 0.25) is 0 Å². The molecule has 3 nitrogen and oxygen atoms in total. The molecule has 0 bridgehead atoms. The molecule has 1 heterocycles. The Morgan fingerprint density at radius 1 is 1.25 bits per heavy atom. The molecule has 0 aliphatic heterocycles. The molecule has 2 rings (SSSR count). The summed E-state index contributed by atoms with van der Waals surface area (Å²) in [6.45, 7) is 0. The van der Waals surface area contributed by atoms with Crippen molar-refractivity contribution in [3.05, 3.63) is 42.0 Å². The Morgan fingerprint density at radius 3 is 2.62 bits per heavy atom. The third kappa shape index (κ3) is 2.01. The van der Waals surface area contributed by atoms with Gasteiger partial charge in [-0.2, -0.15) is 0 Å². The van der Waals surface area contributed by atoms with Crippen LogP contribution in [0.4, 0.5) is 0 Å². The van der Waals surface area contributed by atoms with E-state index < -0.39 is 0 Å². The first-order chi connectivity index (χ1) is 7.76. The number of nitrogens with zero attached hydrogens (tertiary/aromatic N) is 1. The van der Waals surface area contributed by atoms with E-state index in [0.29, 0.717) is 0 Å². The number of hydrogen-bond acceptors (Lipinski definition) is 4. The van der Waals surface area contributed by atoms with Gasteiger partial charge in [0.05, 0.1) is 0 Å². The molecule has 0 saturated carbocycles. The summed E-state index contributed by atoms with van der Waals surface area (Å²) in [6.07, 6.45) is 3.73. The number of hydrogen-bond donors (Lipinski definition) is 2. The zero-order chi connectivity index (χ0) is 11.5. The van der Waals surface area contributed by atoms with Crippen LogP contribution >= 0.6 is 25.8 Å². The van der Waals surface area contributed by atoms with Gasteiger partial charge in [0.25, 0.3) is 0 Å². The monoisotopic (exact) mass is 253 g/mol.